The Hall–Kier alpha value is 0.140. The summed E-state index contributed by atoms with van der Waals surface area (Å²) >= 11 is 0. The molecule has 6 nitrogen and oxygen atoms in total. The highest BCUT2D eigenvalue weighted by Crippen LogP contribution is 2.17. The van der Waals surface area contributed by atoms with Gasteiger partial charge in [0.25, 0.3) is 0 Å². The van der Waals surface area contributed by atoms with Crippen LogP contribution in [0.1, 0.15) is 158 Å². The van der Waals surface area contributed by atoms with Gasteiger partial charge in [0, 0.05) is 20.2 Å². The van der Waals surface area contributed by atoms with E-state index in [2.05, 4.69) is 55.4 Å². The number of rotatable bonds is 25. The molecule has 2 unspecified atom stereocenters. The summed E-state index contributed by atoms with van der Waals surface area (Å²) in [6.45, 7) is 30.0. The van der Waals surface area contributed by atoms with Gasteiger partial charge in [0.05, 0.1) is 52.4 Å². The van der Waals surface area contributed by atoms with E-state index in [0.717, 1.165) is 0 Å². The number of hydrogen-bond donors (Lipinski definition) is 0. The third kappa shape index (κ3) is 27.0. The summed E-state index contributed by atoms with van der Waals surface area (Å²) in [6.07, 6.45) is 22.1. The van der Waals surface area contributed by atoms with E-state index in [4.69, 9.17) is 17.5 Å². The average molecular weight is 613 g/mol. The zero-order valence-electron chi connectivity index (χ0n) is 28.3. The topological polar surface area (TPSA) is 80.3 Å². The third-order valence-corrected chi connectivity index (χ3v) is 8.89. The van der Waals surface area contributed by atoms with E-state index < -0.39 is 20.2 Å². The molecule has 0 aliphatic carbocycles. The van der Waals surface area contributed by atoms with Gasteiger partial charge in [-0.2, -0.15) is 0 Å². The van der Waals surface area contributed by atoms with Crippen LogP contribution >= 0.6 is 0 Å². The van der Waals surface area contributed by atoms with Gasteiger partial charge in [-0.25, -0.2) is 0 Å². The van der Waals surface area contributed by atoms with Gasteiger partial charge in [-0.05, 0) is 51.4 Å². The Morgan fingerprint density at radius 2 is 0.475 bits per heavy atom. The Morgan fingerprint density at radius 3 is 0.550 bits per heavy atom. The van der Waals surface area contributed by atoms with Crippen LogP contribution in [0.4, 0.5) is 0 Å². The molecular weight excluding hydrogens is 540 g/mol. The van der Waals surface area contributed by atoms with Crippen LogP contribution in [0.2, 0.25) is 0 Å². The maximum Gasteiger partial charge on any atom is 0.0786 e. The zero-order valence-corrected chi connectivity index (χ0v) is 29.9. The van der Waals surface area contributed by atoms with Crippen molar-refractivity contribution in [2.75, 3.05) is 52.4 Å². The van der Waals surface area contributed by atoms with Crippen molar-refractivity contribution in [3.8, 4) is 0 Å². The van der Waals surface area contributed by atoms with Crippen molar-refractivity contribution in [2.45, 2.75) is 158 Å². The summed E-state index contributed by atoms with van der Waals surface area (Å²) in [7, 11) is -5.90. The second kappa shape index (κ2) is 32.1. The monoisotopic (exact) mass is 612 g/mol. The molecule has 0 aromatic heterocycles. The van der Waals surface area contributed by atoms with Gasteiger partial charge in [0.2, 0.25) is 0 Å². The minimum Gasteiger partial charge on any atom is -0.763 e. The summed E-state index contributed by atoms with van der Waals surface area (Å²) in [6, 6.07) is 0. The van der Waals surface area contributed by atoms with Crippen LogP contribution in [0.15, 0.2) is 0 Å². The second-order valence-corrected chi connectivity index (χ2v) is 14.2. The molecule has 0 N–H and O–H groups in total. The summed E-state index contributed by atoms with van der Waals surface area (Å²) in [5.74, 6) is 0. The molecule has 0 rings (SSSR count). The minimum absolute atomic E-state index is 1.35. The van der Waals surface area contributed by atoms with Gasteiger partial charge in [-0.1, -0.05) is 107 Å². The van der Waals surface area contributed by atoms with Gasteiger partial charge < -0.3 is 18.1 Å². The van der Waals surface area contributed by atoms with E-state index in [1.54, 1.807) is 0 Å². The Bertz CT molecular complexity index is 442. The standard InChI is InChI=1S/2C16H36N.H2O4S2/c2*1-5-9-13-17(14-10-6-2,15-11-7-3)16-12-8-4;1-5(2)6(3)4/h2*5-16H2,1-4H3;(H,1,2)(H,3,4)/q2*+1;/p-2. The van der Waals surface area contributed by atoms with E-state index in [0.29, 0.717) is 0 Å². The Morgan fingerprint density at radius 1 is 0.350 bits per heavy atom. The molecule has 0 heterocycles. The Labute approximate surface area is 256 Å². The number of unbranched alkanes of at least 4 members (excludes halogenated alkanes) is 8. The first-order valence-corrected chi connectivity index (χ1v) is 19.7. The highest BCUT2D eigenvalue weighted by atomic mass is 33.2. The summed E-state index contributed by atoms with van der Waals surface area (Å²) in [5, 5.41) is 0. The lowest BCUT2D eigenvalue weighted by Gasteiger charge is -2.39. The fourth-order valence-corrected chi connectivity index (χ4v) is 5.29. The molecule has 0 saturated carbocycles. The molecule has 0 aliphatic rings. The number of hydrogen-bond acceptors (Lipinski definition) is 4. The maximum atomic E-state index is 9.09. The van der Waals surface area contributed by atoms with E-state index in [1.165, 1.54) is 164 Å². The van der Waals surface area contributed by atoms with Crippen LogP contribution in [-0.2, 0) is 20.2 Å². The first-order valence-electron chi connectivity index (χ1n) is 17.0. The molecule has 0 saturated heterocycles. The highest BCUT2D eigenvalue weighted by Gasteiger charge is 2.25. The Balaban J connectivity index is -0.000000569. The van der Waals surface area contributed by atoms with Crippen molar-refractivity contribution in [2.24, 2.45) is 0 Å². The summed E-state index contributed by atoms with van der Waals surface area (Å²) in [5.41, 5.74) is 0. The van der Waals surface area contributed by atoms with Crippen molar-refractivity contribution in [3.05, 3.63) is 0 Å². The van der Waals surface area contributed by atoms with Crippen molar-refractivity contribution in [1.29, 1.82) is 0 Å². The maximum absolute atomic E-state index is 9.09. The quantitative estimate of drug-likeness (QED) is 0.0587. The fraction of sp³-hybridized carbons (Fsp3) is 1.00. The summed E-state index contributed by atoms with van der Waals surface area (Å²) in [4.78, 5) is 0. The zero-order chi connectivity index (χ0) is 31.1. The number of nitrogens with zero attached hydrogens (tertiary/aromatic N) is 2. The third-order valence-electron chi connectivity index (χ3n) is 8.00. The first kappa shape index (κ1) is 44.6. The molecule has 0 aromatic rings. The molecule has 0 fully saturated rings. The molecule has 0 aromatic carbocycles. The Kier molecular flexibility index (Phi) is 35.7. The van der Waals surface area contributed by atoms with E-state index in [-0.39, 0.29) is 0 Å². The van der Waals surface area contributed by atoms with Crippen molar-refractivity contribution < 1.29 is 26.5 Å². The lowest BCUT2D eigenvalue weighted by Crippen LogP contribution is -2.50. The van der Waals surface area contributed by atoms with Crippen molar-refractivity contribution in [1.82, 2.24) is 0 Å². The van der Waals surface area contributed by atoms with Crippen LogP contribution in [0, 0.1) is 0 Å². The molecular formula is C32H72N2O4S2. The van der Waals surface area contributed by atoms with E-state index in [9.17, 15) is 0 Å². The van der Waals surface area contributed by atoms with Gasteiger partial charge >= 0.3 is 0 Å². The van der Waals surface area contributed by atoms with E-state index >= 15 is 0 Å². The number of quaternary nitrogens is 2. The van der Waals surface area contributed by atoms with Crippen LogP contribution < -0.4 is 0 Å². The molecule has 8 heteroatoms. The molecule has 0 bridgehead atoms. The molecule has 0 aliphatic heterocycles. The van der Waals surface area contributed by atoms with Crippen LogP contribution in [0.3, 0.4) is 0 Å². The molecule has 2 atom stereocenters. The molecule has 0 spiro atoms. The largest absolute Gasteiger partial charge is 0.763 e. The molecule has 40 heavy (non-hydrogen) atoms. The molecule has 0 amide bonds. The second-order valence-electron chi connectivity index (χ2n) is 11.7. The predicted molar refractivity (Wildman–Crippen MR) is 177 cm³/mol. The minimum atomic E-state index is -2.95. The van der Waals surface area contributed by atoms with Crippen LogP contribution in [0.5, 0.6) is 0 Å². The van der Waals surface area contributed by atoms with Crippen molar-refractivity contribution >= 4 is 20.2 Å². The van der Waals surface area contributed by atoms with Gasteiger partial charge in [0.1, 0.15) is 0 Å². The lowest BCUT2D eigenvalue weighted by molar-refractivity contribution is -0.929. The molecule has 246 valence electrons. The normalized spacial score (nSPS) is 13.2. The van der Waals surface area contributed by atoms with Crippen LogP contribution in [-0.4, -0.2) is 78.8 Å². The van der Waals surface area contributed by atoms with Crippen LogP contribution in [0.25, 0.3) is 0 Å². The fourth-order valence-electron chi connectivity index (χ4n) is 5.29. The van der Waals surface area contributed by atoms with Crippen molar-refractivity contribution in [3.63, 3.8) is 0 Å². The van der Waals surface area contributed by atoms with Gasteiger partial charge in [-0.3, -0.25) is 8.42 Å². The summed E-state index contributed by atoms with van der Waals surface area (Å²) < 4.78 is 39.2. The SMILES string of the molecule is CCCC[N+](CCCC)(CCCC)CCCC.CCCC[N+](CCCC)(CCCC)CCCC.O=S([O-])S(=O)[O-]. The smallest absolute Gasteiger partial charge is 0.0786 e. The first-order chi connectivity index (χ1) is 19.1. The average Bonchev–Trinajstić information content (AvgIpc) is 2.96. The van der Waals surface area contributed by atoms with Gasteiger partial charge in [-0.15, -0.1) is 0 Å². The predicted octanol–water partition coefficient (Wildman–Crippen LogP) is 8.67. The highest BCUT2D eigenvalue weighted by molar-refractivity contribution is 8.56. The van der Waals surface area contributed by atoms with Gasteiger partial charge in [0.15, 0.2) is 0 Å². The lowest BCUT2D eigenvalue weighted by atomic mass is 10.1. The molecule has 0 radical (unpaired) electrons. The van der Waals surface area contributed by atoms with E-state index in [1.807, 2.05) is 0 Å².